The van der Waals surface area contributed by atoms with Crippen molar-refractivity contribution in [3.63, 3.8) is 0 Å². The maximum Gasteiger partial charge on any atom is 0.231 e. The first kappa shape index (κ1) is 22.1. The van der Waals surface area contributed by atoms with Crippen LogP contribution >= 0.6 is 0 Å². The van der Waals surface area contributed by atoms with E-state index in [1.807, 2.05) is 36.5 Å². The number of oxazole rings is 1. The van der Waals surface area contributed by atoms with Gasteiger partial charge in [0, 0.05) is 22.7 Å². The molecular formula is C32H26N2O2. The van der Waals surface area contributed by atoms with Crippen molar-refractivity contribution in [2.45, 2.75) is 26.2 Å². The molecule has 0 saturated heterocycles. The van der Waals surface area contributed by atoms with Crippen molar-refractivity contribution in [2.24, 2.45) is 0 Å². The smallest absolute Gasteiger partial charge is 0.231 e. The fraction of sp³-hybridized carbons (Fsp3) is 0.125. The average Bonchev–Trinajstić information content (AvgIpc) is 3.32. The average molecular weight is 471 g/mol. The third kappa shape index (κ3) is 3.81. The lowest BCUT2D eigenvalue weighted by atomic mass is 9.83. The summed E-state index contributed by atoms with van der Waals surface area (Å²) in [6, 6.07) is 30.1. The van der Waals surface area contributed by atoms with E-state index in [1.54, 1.807) is 12.1 Å². The van der Waals surface area contributed by atoms with Crippen LogP contribution in [0.4, 0.5) is 0 Å². The van der Waals surface area contributed by atoms with Crippen molar-refractivity contribution in [3.05, 3.63) is 103 Å². The molecule has 176 valence electrons. The Kier molecular flexibility index (Phi) is 5.11. The maximum atomic E-state index is 10.3. The van der Waals surface area contributed by atoms with Gasteiger partial charge < -0.3 is 9.52 Å². The SMILES string of the molecule is CC(C)(C)c1cc(-c2nccc3ccccc23)cc(-c2cccc3oc(-c4ccccc4O)nc23)c1. The van der Waals surface area contributed by atoms with Crippen LogP contribution in [0.2, 0.25) is 0 Å². The highest BCUT2D eigenvalue weighted by Crippen LogP contribution is 2.39. The molecule has 4 heteroatoms. The molecular weight excluding hydrogens is 444 g/mol. The minimum absolute atomic E-state index is 0.0615. The summed E-state index contributed by atoms with van der Waals surface area (Å²) in [4.78, 5) is 9.61. The number of phenolic OH excluding ortho intramolecular Hbond substituents is 1. The van der Waals surface area contributed by atoms with Crippen molar-refractivity contribution in [2.75, 3.05) is 0 Å². The second-order valence-corrected chi connectivity index (χ2v) is 10.1. The zero-order valence-corrected chi connectivity index (χ0v) is 20.5. The lowest BCUT2D eigenvalue weighted by molar-refractivity contribution is 0.474. The molecule has 4 nitrogen and oxygen atoms in total. The maximum absolute atomic E-state index is 10.3. The summed E-state index contributed by atoms with van der Waals surface area (Å²) in [5.41, 5.74) is 7.22. The monoisotopic (exact) mass is 470 g/mol. The number of nitrogens with zero attached hydrogens (tertiary/aromatic N) is 2. The Morgan fingerprint density at radius 3 is 2.33 bits per heavy atom. The minimum atomic E-state index is -0.0615. The van der Waals surface area contributed by atoms with Crippen LogP contribution in [-0.4, -0.2) is 15.1 Å². The van der Waals surface area contributed by atoms with Crippen molar-refractivity contribution in [1.82, 2.24) is 9.97 Å². The largest absolute Gasteiger partial charge is 0.507 e. The third-order valence-corrected chi connectivity index (χ3v) is 6.61. The van der Waals surface area contributed by atoms with E-state index in [0.29, 0.717) is 17.0 Å². The number of hydrogen-bond donors (Lipinski definition) is 1. The van der Waals surface area contributed by atoms with Crippen LogP contribution in [0.15, 0.2) is 102 Å². The molecule has 36 heavy (non-hydrogen) atoms. The molecule has 1 N–H and O–H groups in total. The number of hydrogen-bond acceptors (Lipinski definition) is 4. The molecule has 0 amide bonds. The predicted molar refractivity (Wildman–Crippen MR) is 146 cm³/mol. The zero-order valence-electron chi connectivity index (χ0n) is 20.5. The summed E-state index contributed by atoms with van der Waals surface area (Å²) in [5, 5.41) is 12.6. The van der Waals surface area contributed by atoms with Gasteiger partial charge in [-0.25, -0.2) is 4.98 Å². The normalized spacial score (nSPS) is 11.9. The summed E-state index contributed by atoms with van der Waals surface area (Å²) in [7, 11) is 0. The van der Waals surface area contributed by atoms with Gasteiger partial charge in [0.05, 0.1) is 11.3 Å². The number of aromatic hydroxyl groups is 1. The second kappa shape index (κ2) is 8.35. The van der Waals surface area contributed by atoms with Crippen molar-refractivity contribution in [1.29, 1.82) is 0 Å². The standard InChI is InChI=1S/C32H26N2O2/c1-32(2,3)23-18-21(17-22(19-23)29-24-10-5-4-9-20(24)15-16-33-29)25-12-8-14-28-30(25)34-31(36-28)26-11-6-7-13-27(26)35/h4-19,35H,1-3H3. The first-order chi connectivity index (χ1) is 17.4. The first-order valence-corrected chi connectivity index (χ1v) is 12.1. The van der Waals surface area contributed by atoms with Crippen LogP contribution in [0.25, 0.3) is 55.7 Å². The minimum Gasteiger partial charge on any atom is -0.507 e. The molecule has 2 heterocycles. The van der Waals surface area contributed by atoms with Gasteiger partial charge in [-0.15, -0.1) is 0 Å². The van der Waals surface area contributed by atoms with Gasteiger partial charge in [0.2, 0.25) is 5.89 Å². The molecule has 0 aliphatic rings. The van der Waals surface area contributed by atoms with Crippen LogP contribution in [-0.2, 0) is 5.41 Å². The van der Waals surface area contributed by atoms with E-state index in [-0.39, 0.29) is 11.2 Å². The van der Waals surface area contributed by atoms with E-state index in [2.05, 4.69) is 69.3 Å². The Morgan fingerprint density at radius 2 is 1.50 bits per heavy atom. The lowest BCUT2D eigenvalue weighted by Gasteiger charge is -2.22. The molecule has 0 fully saturated rings. The Labute approximate surface area is 209 Å². The molecule has 4 aromatic carbocycles. The highest BCUT2D eigenvalue weighted by atomic mass is 16.3. The molecule has 0 radical (unpaired) electrons. The van der Waals surface area contributed by atoms with Crippen LogP contribution in [0.5, 0.6) is 5.75 Å². The van der Waals surface area contributed by atoms with Gasteiger partial charge >= 0.3 is 0 Å². The van der Waals surface area contributed by atoms with Crippen LogP contribution in [0.3, 0.4) is 0 Å². The molecule has 6 rings (SSSR count). The number of fused-ring (bicyclic) bond motifs is 2. The highest BCUT2D eigenvalue weighted by Gasteiger charge is 2.20. The van der Waals surface area contributed by atoms with Gasteiger partial charge in [-0.05, 0) is 58.3 Å². The van der Waals surface area contributed by atoms with Crippen molar-refractivity contribution >= 4 is 21.9 Å². The molecule has 0 atom stereocenters. The predicted octanol–water partition coefficient (Wildman–Crippen LogP) is 8.38. The molecule has 0 spiro atoms. The first-order valence-electron chi connectivity index (χ1n) is 12.1. The molecule has 0 aliphatic carbocycles. The molecule has 0 aliphatic heterocycles. The van der Waals surface area contributed by atoms with E-state index in [9.17, 15) is 5.11 Å². The number of aromatic nitrogens is 2. The topological polar surface area (TPSA) is 59.2 Å². The fourth-order valence-electron chi connectivity index (χ4n) is 4.65. The van der Waals surface area contributed by atoms with Gasteiger partial charge in [-0.2, -0.15) is 0 Å². The Balaban J connectivity index is 1.59. The Bertz CT molecular complexity index is 1740. The summed E-state index contributed by atoms with van der Waals surface area (Å²) in [6.45, 7) is 6.66. The summed E-state index contributed by atoms with van der Waals surface area (Å²) < 4.78 is 6.08. The van der Waals surface area contributed by atoms with Crippen LogP contribution in [0, 0.1) is 0 Å². The number of benzene rings is 4. The van der Waals surface area contributed by atoms with E-state index in [0.717, 1.165) is 38.7 Å². The summed E-state index contributed by atoms with van der Waals surface area (Å²) in [5.74, 6) is 0.545. The molecule has 0 saturated carbocycles. The number of pyridine rings is 1. The third-order valence-electron chi connectivity index (χ3n) is 6.61. The highest BCUT2D eigenvalue weighted by molar-refractivity contribution is 5.97. The van der Waals surface area contributed by atoms with Gasteiger partial charge in [-0.3, -0.25) is 4.98 Å². The van der Waals surface area contributed by atoms with E-state index in [1.165, 1.54) is 5.56 Å². The van der Waals surface area contributed by atoms with Gasteiger partial charge in [0.1, 0.15) is 11.3 Å². The van der Waals surface area contributed by atoms with E-state index in [4.69, 9.17) is 14.4 Å². The molecule has 6 aromatic rings. The summed E-state index contributed by atoms with van der Waals surface area (Å²) in [6.07, 6.45) is 1.87. The van der Waals surface area contributed by atoms with E-state index < -0.39 is 0 Å². The quantitative estimate of drug-likeness (QED) is 0.282. The fourth-order valence-corrected chi connectivity index (χ4v) is 4.65. The molecule has 2 aromatic heterocycles. The van der Waals surface area contributed by atoms with Gasteiger partial charge in [-0.1, -0.05) is 75.4 Å². The van der Waals surface area contributed by atoms with Crippen LogP contribution < -0.4 is 0 Å². The van der Waals surface area contributed by atoms with Gasteiger partial charge in [0.25, 0.3) is 0 Å². The Morgan fingerprint density at radius 1 is 0.750 bits per heavy atom. The van der Waals surface area contributed by atoms with Crippen molar-refractivity contribution < 1.29 is 9.52 Å². The number of phenols is 1. The zero-order chi connectivity index (χ0) is 24.9. The molecule has 0 bridgehead atoms. The van der Waals surface area contributed by atoms with E-state index >= 15 is 0 Å². The van der Waals surface area contributed by atoms with Crippen molar-refractivity contribution in [3.8, 4) is 39.6 Å². The second-order valence-electron chi connectivity index (χ2n) is 10.1. The molecule has 0 unspecified atom stereocenters. The van der Waals surface area contributed by atoms with Gasteiger partial charge in [0.15, 0.2) is 5.58 Å². The lowest BCUT2D eigenvalue weighted by Crippen LogP contribution is -2.11. The Hall–Kier alpha value is -4.44. The van der Waals surface area contributed by atoms with Crippen LogP contribution in [0.1, 0.15) is 26.3 Å². The number of para-hydroxylation sites is 2. The summed E-state index contributed by atoms with van der Waals surface area (Å²) >= 11 is 0. The number of rotatable bonds is 3.